The van der Waals surface area contributed by atoms with Crippen molar-refractivity contribution in [1.82, 2.24) is 5.32 Å². The molecule has 0 aliphatic carbocycles. The Morgan fingerprint density at radius 3 is 3.06 bits per heavy atom. The van der Waals surface area contributed by atoms with Gasteiger partial charge in [-0.3, -0.25) is 0 Å². The zero-order chi connectivity index (χ0) is 11.4. The number of fused-ring (bicyclic) bond motifs is 1. The molecule has 1 aromatic rings. The summed E-state index contributed by atoms with van der Waals surface area (Å²) in [5.41, 5.74) is 4.27. The molecule has 2 N–H and O–H groups in total. The first-order chi connectivity index (χ1) is 7.79. The van der Waals surface area contributed by atoms with Crippen LogP contribution in [0.2, 0.25) is 0 Å². The first-order valence-corrected chi connectivity index (χ1v) is 6.38. The van der Waals surface area contributed by atoms with Gasteiger partial charge in [0.25, 0.3) is 0 Å². The van der Waals surface area contributed by atoms with Crippen LogP contribution < -0.4 is 10.6 Å². The first-order valence-electron chi connectivity index (χ1n) is 6.38. The highest BCUT2D eigenvalue weighted by atomic mass is 14.9. The number of rotatable bonds is 5. The number of benzene rings is 1. The third kappa shape index (κ3) is 2.76. The van der Waals surface area contributed by atoms with E-state index in [0.29, 0.717) is 6.04 Å². The van der Waals surface area contributed by atoms with Crippen LogP contribution in [-0.4, -0.2) is 19.1 Å². The van der Waals surface area contributed by atoms with Crippen molar-refractivity contribution < 1.29 is 0 Å². The van der Waals surface area contributed by atoms with Crippen molar-refractivity contribution in [2.75, 3.05) is 18.4 Å². The second-order valence-electron chi connectivity index (χ2n) is 4.74. The monoisotopic (exact) mass is 218 g/mol. The quantitative estimate of drug-likeness (QED) is 0.742. The molecule has 0 saturated heterocycles. The molecule has 88 valence electrons. The number of hydrogen-bond donors (Lipinski definition) is 2. The Morgan fingerprint density at radius 1 is 1.38 bits per heavy atom. The van der Waals surface area contributed by atoms with Crippen molar-refractivity contribution in [2.24, 2.45) is 0 Å². The van der Waals surface area contributed by atoms with E-state index in [-0.39, 0.29) is 0 Å². The van der Waals surface area contributed by atoms with Crippen LogP contribution in [0.15, 0.2) is 18.2 Å². The third-order valence-electron chi connectivity index (χ3n) is 3.11. The molecule has 0 fully saturated rings. The van der Waals surface area contributed by atoms with Gasteiger partial charge >= 0.3 is 0 Å². The van der Waals surface area contributed by atoms with Crippen molar-refractivity contribution in [3.8, 4) is 0 Å². The summed E-state index contributed by atoms with van der Waals surface area (Å²) >= 11 is 0. The minimum Gasteiger partial charge on any atom is -0.382 e. The summed E-state index contributed by atoms with van der Waals surface area (Å²) in [5.74, 6) is 0. The number of anilines is 1. The Kier molecular flexibility index (Phi) is 3.83. The first kappa shape index (κ1) is 11.5. The highest BCUT2D eigenvalue weighted by Crippen LogP contribution is 2.26. The Labute approximate surface area is 98.4 Å². The molecule has 1 aromatic carbocycles. The van der Waals surface area contributed by atoms with E-state index in [4.69, 9.17) is 0 Å². The van der Waals surface area contributed by atoms with Gasteiger partial charge < -0.3 is 10.6 Å². The van der Waals surface area contributed by atoms with Gasteiger partial charge in [-0.25, -0.2) is 0 Å². The summed E-state index contributed by atoms with van der Waals surface area (Å²) < 4.78 is 0. The van der Waals surface area contributed by atoms with E-state index in [1.165, 1.54) is 29.7 Å². The molecule has 0 saturated carbocycles. The lowest BCUT2D eigenvalue weighted by atomic mass is 10.0. The van der Waals surface area contributed by atoms with Crippen LogP contribution in [0.5, 0.6) is 0 Å². The third-order valence-corrected chi connectivity index (χ3v) is 3.11. The van der Waals surface area contributed by atoms with Gasteiger partial charge in [-0.1, -0.05) is 19.1 Å². The van der Waals surface area contributed by atoms with Crippen LogP contribution in [0, 0.1) is 0 Å². The van der Waals surface area contributed by atoms with Crippen molar-refractivity contribution in [1.29, 1.82) is 0 Å². The molecule has 1 atom stereocenters. The van der Waals surface area contributed by atoms with Gasteiger partial charge in [-0.05, 0) is 56.5 Å². The normalized spacial score (nSPS) is 18.2. The average molecular weight is 218 g/mol. The summed E-state index contributed by atoms with van der Waals surface area (Å²) in [4.78, 5) is 0. The second kappa shape index (κ2) is 5.35. The predicted molar refractivity (Wildman–Crippen MR) is 70.1 cm³/mol. The van der Waals surface area contributed by atoms with Gasteiger partial charge in [0.05, 0.1) is 0 Å². The molecule has 2 nitrogen and oxygen atoms in total. The molecule has 1 heterocycles. The number of hydrogen-bond acceptors (Lipinski definition) is 2. The van der Waals surface area contributed by atoms with Gasteiger partial charge in [-0.15, -0.1) is 0 Å². The summed E-state index contributed by atoms with van der Waals surface area (Å²) in [6.45, 7) is 6.66. The summed E-state index contributed by atoms with van der Waals surface area (Å²) in [6.07, 6.45) is 3.53. The lowest BCUT2D eigenvalue weighted by molar-refractivity contribution is 0.671. The Balaban J connectivity index is 1.90. The molecule has 1 unspecified atom stereocenters. The highest BCUT2D eigenvalue weighted by molar-refractivity contribution is 5.57. The lowest BCUT2D eigenvalue weighted by Gasteiger charge is -2.06. The van der Waals surface area contributed by atoms with Crippen LogP contribution in [-0.2, 0) is 12.8 Å². The standard InChI is InChI=1S/C14H22N2/c1-3-7-15-8-6-12-4-5-14-13(10-12)9-11(2)16-14/h4-5,10-11,15-16H,3,6-9H2,1-2H3. The molecule has 0 radical (unpaired) electrons. The van der Waals surface area contributed by atoms with Crippen LogP contribution in [0.1, 0.15) is 31.4 Å². The van der Waals surface area contributed by atoms with Crippen molar-refractivity contribution in [3.05, 3.63) is 29.3 Å². The van der Waals surface area contributed by atoms with E-state index >= 15 is 0 Å². The highest BCUT2D eigenvalue weighted by Gasteiger charge is 2.16. The Bertz CT molecular complexity index is 347. The van der Waals surface area contributed by atoms with E-state index in [2.05, 4.69) is 42.7 Å². The zero-order valence-corrected chi connectivity index (χ0v) is 10.3. The van der Waals surface area contributed by atoms with Crippen LogP contribution in [0.25, 0.3) is 0 Å². The Morgan fingerprint density at radius 2 is 2.25 bits per heavy atom. The topological polar surface area (TPSA) is 24.1 Å². The van der Waals surface area contributed by atoms with Crippen molar-refractivity contribution >= 4 is 5.69 Å². The molecule has 2 heteroatoms. The van der Waals surface area contributed by atoms with E-state index in [0.717, 1.165) is 19.5 Å². The van der Waals surface area contributed by atoms with E-state index in [1.54, 1.807) is 0 Å². The summed E-state index contributed by atoms with van der Waals surface area (Å²) in [5, 5.41) is 6.93. The molecule has 16 heavy (non-hydrogen) atoms. The van der Waals surface area contributed by atoms with E-state index < -0.39 is 0 Å². The Hall–Kier alpha value is -1.02. The molecule has 0 bridgehead atoms. The van der Waals surface area contributed by atoms with E-state index in [9.17, 15) is 0 Å². The van der Waals surface area contributed by atoms with Gasteiger partial charge in [-0.2, -0.15) is 0 Å². The SMILES string of the molecule is CCCNCCc1ccc2c(c1)CC(C)N2. The fourth-order valence-corrected chi connectivity index (χ4v) is 2.29. The van der Waals surface area contributed by atoms with E-state index in [1.807, 2.05) is 0 Å². The maximum Gasteiger partial charge on any atom is 0.0375 e. The summed E-state index contributed by atoms with van der Waals surface area (Å²) in [6, 6.07) is 7.44. The minimum atomic E-state index is 0.600. The second-order valence-corrected chi connectivity index (χ2v) is 4.74. The van der Waals surface area contributed by atoms with Gasteiger partial charge in [0.2, 0.25) is 0 Å². The maximum atomic E-state index is 3.49. The largest absolute Gasteiger partial charge is 0.382 e. The molecular formula is C14H22N2. The molecular weight excluding hydrogens is 196 g/mol. The lowest BCUT2D eigenvalue weighted by Crippen LogP contribution is -2.17. The smallest absolute Gasteiger partial charge is 0.0375 e. The van der Waals surface area contributed by atoms with Gasteiger partial charge in [0.15, 0.2) is 0 Å². The van der Waals surface area contributed by atoms with Crippen LogP contribution in [0.3, 0.4) is 0 Å². The van der Waals surface area contributed by atoms with Crippen LogP contribution in [0.4, 0.5) is 5.69 Å². The average Bonchev–Trinajstić information content (AvgIpc) is 2.64. The fraction of sp³-hybridized carbons (Fsp3) is 0.571. The van der Waals surface area contributed by atoms with Gasteiger partial charge in [0, 0.05) is 11.7 Å². The zero-order valence-electron chi connectivity index (χ0n) is 10.3. The molecule has 0 amide bonds. The predicted octanol–water partition coefficient (Wildman–Crippen LogP) is 2.59. The molecule has 1 aliphatic heterocycles. The summed E-state index contributed by atoms with van der Waals surface area (Å²) in [7, 11) is 0. The molecule has 0 aromatic heterocycles. The maximum absolute atomic E-state index is 3.49. The van der Waals surface area contributed by atoms with Crippen molar-refractivity contribution in [3.63, 3.8) is 0 Å². The minimum absolute atomic E-state index is 0.600. The fourth-order valence-electron chi connectivity index (χ4n) is 2.29. The molecule has 1 aliphatic rings. The van der Waals surface area contributed by atoms with Crippen LogP contribution >= 0.6 is 0 Å². The van der Waals surface area contributed by atoms with Gasteiger partial charge in [0.1, 0.15) is 0 Å². The molecule has 0 spiro atoms. The van der Waals surface area contributed by atoms with Crippen molar-refractivity contribution in [2.45, 2.75) is 39.2 Å². The molecule has 2 rings (SSSR count). The number of nitrogens with one attached hydrogen (secondary N) is 2.